The van der Waals surface area contributed by atoms with Crippen molar-refractivity contribution in [2.75, 3.05) is 20.8 Å². The molecule has 0 saturated heterocycles. The molecule has 4 nitrogen and oxygen atoms in total. The van der Waals surface area contributed by atoms with Gasteiger partial charge < -0.3 is 14.8 Å². The molecule has 0 aliphatic rings. The van der Waals surface area contributed by atoms with Gasteiger partial charge >= 0.3 is 0 Å². The smallest absolute Gasteiger partial charge is 0.255 e. The summed E-state index contributed by atoms with van der Waals surface area (Å²) in [4.78, 5) is 12.0. The highest BCUT2D eigenvalue weighted by Gasteiger charge is 2.14. The SMILES string of the molecule is CCC(Cl)CNC(=O)c1cc(OC)ccc1OC. The number of benzene rings is 1. The van der Waals surface area contributed by atoms with Crippen LogP contribution in [0, 0.1) is 0 Å². The molecule has 1 unspecified atom stereocenters. The van der Waals surface area contributed by atoms with Crippen LogP contribution in [0.1, 0.15) is 23.7 Å². The molecular weight excluding hydrogens is 254 g/mol. The monoisotopic (exact) mass is 271 g/mol. The van der Waals surface area contributed by atoms with Crippen LogP contribution < -0.4 is 14.8 Å². The van der Waals surface area contributed by atoms with E-state index in [4.69, 9.17) is 21.1 Å². The van der Waals surface area contributed by atoms with Crippen molar-refractivity contribution in [3.63, 3.8) is 0 Å². The third kappa shape index (κ3) is 3.81. The predicted octanol–water partition coefficient (Wildman–Crippen LogP) is 2.45. The zero-order valence-corrected chi connectivity index (χ0v) is 11.6. The maximum atomic E-state index is 12.0. The number of methoxy groups -OCH3 is 2. The van der Waals surface area contributed by atoms with Crippen LogP contribution in [0.25, 0.3) is 0 Å². The Bertz CT molecular complexity index is 409. The van der Waals surface area contributed by atoms with Crippen molar-refractivity contribution < 1.29 is 14.3 Å². The van der Waals surface area contributed by atoms with Crippen molar-refractivity contribution in [3.8, 4) is 11.5 Å². The number of alkyl halides is 1. The van der Waals surface area contributed by atoms with E-state index < -0.39 is 0 Å². The summed E-state index contributed by atoms with van der Waals surface area (Å²) in [6, 6.07) is 5.08. The van der Waals surface area contributed by atoms with Crippen LogP contribution in [-0.4, -0.2) is 32.0 Å². The number of ether oxygens (including phenoxy) is 2. The molecule has 1 N–H and O–H groups in total. The molecule has 100 valence electrons. The lowest BCUT2D eigenvalue weighted by atomic mass is 10.1. The van der Waals surface area contributed by atoms with Gasteiger partial charge in [0.1, 0.15) is 11.5 Å². The van der Waals surface area contributed by atoms with Gasteiger partial charge in [-0.05, 0) is 24.6 Å². The number of amides is 1. The molecule has 0 spiro atoms. The second-order valence-electron chi connectivity index (χ2n) is 3.78. The minimum Gasteiger partial charge on any atom is -0.497 e. The first-order chi connectivity index (χ1) is 8.62. The summed E-state index contributed by atoms with van der Waals surface area (Å²) >= 11 is 5.96. The lowest BCUT2D eigenvalue weighted by Crippen LogP contribution is -2.29. The predicted molar refractivity (Wildman–Crippen MR) is 71.8 cm³/mol. The topological polar surface area (TPSA) is 47.6 Å². The molecule has 18 heavy (non-hydrogen) atoms. The van der Waals surface area contributed by atoms with Crippen molar-refractivity contribution in [1.29, 1.82) is 0 Å². The highest BCUT2D eigenvalue weighted by atomic mass is 35.5. The van der Waals surface area contributed by atoms with E-state index in [9.17, 15) is 4.79 Å². The Morgan fingerprint density at radius 3 is 2.67 bits per heavy atom. The minimum atomic E-state index is -0.218. The number of nitrogens with one attached hydrogen (secondary N) is 1. The quantitative estimate of drug-likeness (QED) is 0.809. The molecule has 1 rings (SSSR count). The molecule has 0 heterocycles. The average Bonchev–Trinajstić information content (AvgIpc) is 2.43. The largest absolute Gasteiger partial charge is 0.497 e. The van der Waals surface area contributed by atoms with Crippen LogP contribution >= 0.6 is 11.6 Å². The van der Waals surface area contributed by atoms with Crippen LogP contribution in [0.2, 0.25) is 0 Å². The fourth-order valence-corrected chi connectivity index (χ4v) is 1.51. The molecule has 1 atom stereocenters. The summed E-state index contributed by atoms with van der Waals surface area (Å²) in [6.45, 7) is 2.40. The van der Waals surface area contributed by atoms with Crippen molar-refractivity contribution in [1.82, 2.24) is 5.32 Å². The molecule has 1 amide bonds. The lowest BCUT2D eigenvalue weighted by molar-refractivity contribution is 0.0950. The summed E-state index contributed by atoms with van der Waals surface area (Å²) in [6.07, 6.45) is 0.803. The van der Waals surface area contributed by atoms with Crippen LogP contribution in [0.3, 0.4) is 0 Å². The van der Waals surface area contributed by atoms with E-state index in [1.54, 1.807) is 25.3 Å². The molecule has 0 saturated carbocycles. The Balaban J connectivity index is 2.82. The highest BCUT2D eigenvalue weighted by Crippen LogP contribution is 2.23. The summed E-state index contributed by atoms with van der Waals surface area (Å²) in [5, 5.41) is 2.70. The molecular formula is C13H18ClNO3. The number of rotatable bonds is 6. The molecule has 0 radical (unpaired) electrons. The molecule has 0 bridgehead atoms. The van der Waals surface area contributed by atoms with Crippen molar-refractivity contribution in [2.45, 2.75) is 18.7 Å². The van der Waals surface area contributed by atoms with Gasteiger partial charge in [0.2, 0.25) is 0 Å². The molecule has 0 aliphatic heterocycles. The van der Waals surface area contributed by atoms with Gasteiger partial charge in [-0.2, -0.15) is 0 Å². The number of carbonyl (C=O) groups excluding carboxylic acids is 1. The molecule has 5 heteroatoms. The molecule has 0 aromatic heterocycles. The van der Waals surface area contributed by atoms with Crippen LogP contribution in [0.15, 0.2) is 18.2 Å². The first-order valence-electron chi connectivity index (χ1n) is 5.76. The van der Waals surface area contributed by atoms with E-state index in [1.165, 1.54) is 7.11 Å². The highest BCUT2D eigenvalue weighted by molar-refractivity contribution is 6.20. The molecule has 0 aliphatic carbocycles. The number of halogens is 1. The summed E-state index contributed by atoms with van der Waals surface area (Å²) in [7, 11) is 3.07. The Hall–Kier alpha value is -1.42. The minimum absolute atomic E-state index is 0.0643. The number of hydrogen-bond acceptors (Lipinski definition) is 3. The van der Waals surface area contributed by atoms with E-state index in [-0.39, 0.29) is 11.3 Å². The first-order valence-corrected chi connectivity index (χ1v) is 6.20. The zero-order valence-electron chi connectivity index (χ0n) is 10.8. The van der Waals surface area contributed by atoms with E-state index in [0.717, 1.165) is 6.42 Å². The third-order valence-corrected chi connectivity index (χ3v) is 3.04. The fourth-order valence-electron chi connectivity index (χ4n) is 1.43. The lowest BCUT2D eigenvalue weighted by Gasteiger charge is -2.12. The van der Waals surface area contributed by atoms with Crippen molar-refractivity contribution in [2.24, 2.45) is 0 Å². The van der Waals surface area contributed by atoms with Crippen LogP contribution in [0.5, 0.6) is 11.5 Å². The second-order valence-corrected chi connectivity index (χ2v) is 4.40. The molecule has 1 aromatic carbocycles. The van der Waals surface area contributed by atoms with Gasteiger partial charge in [-0.1, -0.05) is 6.92 Å². The van der Waals surface area contributed by atoms with Crippen LogP contribution in [0.4, 0.5) is 0 Å². The summed E-state index contributed by atoms with van der Waals surface area (Å²) in [5.41, 5.74) is 0.441. The van der Waals surface area contributed by atoms with Gasteiger partial charge in [0.15, 0.2) is 0 Å². The second kappa shape index (κ2) is 7.11. The zero-order chi connectivity index (χ0) is 13.5. The maximum Gasteiger partial charge on any atom is 0.255 e. The Kier molecular flexibility index (Phi) is 5.78. The average molecular weight is 272 g/mol. The Morgan fingerprint density at radius 2 is 2.11 bits per heavy atom. The van der Waals surface area contributed by atoms with Gasteiger partial charge in [-0.3, -0.25) is 4.79 Å². The van der Waals surface area contributed by atoms with Gasteiger partial charge in [-0.15, -0.1) is 11.6 Å². The van der Waals surface area contributed by atoms with Crippen molar-refractivity contribution >= 4 is 17.5 Å². The third-order valence-electron chi connectivity index (χ3n) is 2.58. The first kappa shape index (κ1) is 14.6. The number of carbonyl (C=O) groups is 1. The van der Waals surface area contributed by atoms with E-state index in [2.05, 4.69) is 5.32 Å². The van der Waals surface area contributed by atoms with Crippen LogP contribution in [-0.2, 0) is 0 Å². The van der Waals surface area contributed by atoms with Gasteiger partial charge in [0.05, 0.1) is 25.2 Å². The van der Waals surface area contributed by atoms with E-state index in [1.807, 2.05) is 6.92 Å². The van der Waals surface area contributed by atoms with Gasteiger partial charge in [0.25, 0.3) is 5.91 Å². The summed E-state index contributed by atoms with van der Waals surface area (Å²) in [5.74, 6) is 0.902. The van der Waals surface area contributed by atoms with Gasteiger partial charge in [0, 0.05) is 6.54 Å². The van der Waals surface area contributed by atoms with E-state index >= 15 is 0 Å². The van der Waals surface area contributed by atoms with Gasteiger partial charge in [-0.25, -0.2) is 0 Å². The van der Waals surface area contributed by atoms with Crippen molar-refractivity contribution in [3.05, 3.63) is 23.8 Å². The normalized spacial score (nSPS) is 11.8. The Labute approximate surface area is 112 Å². The Morgan fingerprint density at radius 1 is 1.39 bits per heavy atom. The number of hydrogen-bond donors (Lipinski definition) is 1. The maximum absolute atomic E-state index is 12.0. The fraction of sp³-hybridized carbons (Fsp3) is 0.462. The molecule has 1 aromatic rings. The summed E-state index contributed by atoms with van der Waals surface area (Å²) < 4.78 is 10.2. The standard InChI is InChI=1S/C13H18ClNO3/c1-4-9(14)8-15-13(16)11-7-10(17-2)5-6-12(11)18-3/h5-7,9H,4,8H2,1-3H3,(H,15,16). The van der Waals surface area contributed by atoms with E-state index in [0.29, 0.717) is 23.6 Å². The molecule has 0 fully saturated rings.